The highest BCUT2D eigenvalue weighted by atomic mass is 35.5. The van der Waals surface area contributed by atoms with Gasteiger partial charge in [-0.25, -0.2) is 0 Å². The molecule has 3 nitrogen and oxygen atoms in total. The molecule has 0 radical (unpaired) electrons. The third-order valence-electron chi connectivity index (χ3n) is 1.66. The second-order valence-corrected chi connectivity index (χ2v) is 3.54. The van der Waals surface area contributed by atoms with Crippen molar-refractivity contribution in [3.63, 3.8) is 0 Å². The van der Waals surface area contributed by atoms with E-state index in [0.29, 0.717) is 16.6 Å². The molecule has 0 saturated carbocycles. The predicted octanol–water partition coefficient (Wildman–Crippen LogP) is 1.57. The Kier molecular flexibility index (Phi) is 4.20. The molecule has 14 heavy (non-hydrogen) atoms. The molecule has 3 N–H and O–H groups in total. The molecular formula is C9H10Cl2N2O. The molecule has 0 fully saturated rings. The zero-order valence-corrected chi connectivity index (χ0v) is 8.90. The summed E-state index contributed by atoms with van der Waals surface area (Å²) in [4.78, 5) is 10.8. The number of carbonyl (C=O) groups is 1. The van der Waals surface area contributed by atoms with E-state index in [-0.39, 0.29) is 12.5 Å². The van der Waals surface area contributed by atoms with Gasteiger partial charge in [-0.15, -0.1) is 0 Å². The Bertz CT molecular complexity index is 342. The fourth-order valence-corrected chi connectivity index (χ4v) is 1.24. The standard InChI is InChI=1S/C9H10Cl2N2O/c10-7-2-1-6(3-8(7)11)5-13-9(14)4-12/h1-3H,4-5,12H2,(H,13,14). The van der Waals surface area contributed by atoms with Crippen LogP contribution in [-0.2, 0) is 11.3 Å². The first kappa shape index (κ1) is 11.3. The molecule has 0 aliphatic carbocycles. The molecule has 0 spiro atoms. The number of carbonyl (C=O) groups excluding carboxylic acids is 1. The minimum Gasteiger partial charge on any atom is -0.351 e. The number of rotatable bonds is 3. The quantitative estimate of drug-likeness (QED) is 0.832. The molecule has 0 aromatic heterocycles. The van der Waals surface area contributed by atoms with Gasteiger partial charge in [0.2, 0.25) is 5.91 Å². The molecule has 0 aliphatic rings. The Labute approximate surface area is 92.2 Å². The summed E-state index contributed by atoms with van der Waals surface area (Å²) in [6.45, 7) is 0.397. The van der Waals surface area contributed by atoms with E-state index in [1.165, 1.54) is 0 Å². The van der Waals surface area contributed by atoms with Crippen LogP contribution in [0.3, 0.4) is 0 Å². The van der Waals surface area contributed by atoms with Crippen molar-refractivity contribution >= 4 is 29.1 Å². The zero-order valence-electron chi connectivity index (χ0n) is 7.39. The lowest BCUT2D eigenvalue weighted by Crippen LogP contribution is -2.29. The average molecular weight is 233 g/mol. The van der Waals surface area contributed by atoms with Crippen LogP contribution in [0.4, 0.5) is 0 Å². The number of hydrogen-bond acceptors (Lipinski definition) is 2. The second-order valence-electron chi connectivity index (χ2n) is 2.73. The Morgan fingerprint density at radius 2 is 2.07 bits per heavy atom. The fraction of sp³-hybridized carbons (Fsp3) is 0.222. The van der Waals surface area contributed by atoms with Crippen LogP contribution in [0.25, 0.3) is 0 Å². The topological polar surface area (TPSA) is 55.1 Å². The number of amides is 1. The lowest BCUT2D eigenvalue weighted by atomic mass is 10.2. The van der Waals surface area contributed by atoms with Gasteiger partial charge in [-0.1, -0.05) is 29.3 Å². The van der Waals surface area contributed by atoms with Crippen molar-refractivity contribution < 1.29 is 4.79 Å². The van der Waals surface area contributed by atoms with Gasteiger partial charge in [-0.2, -0.15) is 0 Å². The number of nitrogens with two attached hydrogens (primary N) is 1. The van der Waals surface area contributed by atoms with Gasteiger partial charge < -0.3 is 11.1 Å². The number of nitrogens with one attached hydrogen (secondary N) is 1. The first-order valence-electron chi connectivity index (χ1n) is 4.04. The molecule has 0 aliphatic heterocycles. The summed E-state index contributed by atoms with van der Waals surface area (Å²) in [5.41, 5.74) is 6.02. The fourth-order valence-electron chi connectivity index (χ4n) is 0.922. The molecule has 0 saturated heterocycles. The van der Waals surface area contributed by atoms with E-state index in [1.807, 2.05) is 0 Å². The smallest absolute Gasteiger partial charge is 0.234 e. The molecular weight excluding hydrogens is 223 g/mol. The molecule has 5 heteroatoms. The monoisotopic (exact) mass is 232 g/mol. The van der Waals surface area contributed by atoms with Crippen molar-refractivity contribution in [2.24, 2.45) is 5.73 Å². The van der Waals surface area contributed by atoms with Gasteiger partial charge in [0.25, 0.3) is 0 Å². The molecule has 0 unspecified atom stereocenters. The lowest BCUT2D eigenvalue weighted by molar-refractivity contribution is -0.119. The van der Waals surface area contributed by atoms with E-state index in [4.69, 9.17) is 28.9 Å². The molecule has 1 amide bonds. The Balaban J connectivity index is 2.60. The second kappa shape index (κ2) is 5.20. The summed E-state index contributed by atoms with van der Waals surface area (Å²) in [5, 5.41) is 3.61. The van der Waals surface area contributed by atoms with Crippen molar-refractivity contribution in [1.29, 1.82) is 0 Å². The number of benzene rings is 1. The van der Waals surface area contributed by atoms with Crippen molar-refractivity contribution in [2.75, 3.05) is 6.54 Å². The maximum absolute atomic E-state index is 10.8. The first-order valence-corrected chi connectivity index (χ1v) is 4.79. The third-order valence-corrected chi connectivity index (χ3v) is 2.40. The summed E-state index contributed by atoms with van der Waals surface area (Å²) in [6, 6.07) is 5.19. The molecule has 76 valence electrons. The summed E-state index contributed by atoms with van der Waals surface area (Å²) in [6.07, 6.45) is 0. The maximum atomic E-state index is 10.8. The average Bonchev–Trinajstić information content (AvgIpc) is 2.19. The third kappa shape index (κ3) is 3.18. The van der Waals surface area contributed by atoms with Crippen molar-refractivity contribution in [1.82, 2.24) is 5.32 Å². The Morgan fingerprint density at radius 3 is 2.64 bits per heavy atom. The maximum Gasteiger partial charge on any atom is 0.234 e. The molecule has 0 atom stereocenters. The van der Waals surface area contributed by atoms with Crippen LogP contribution in [0.1, 0.15) is 5.56 Å². The van der Waals surface area contributed by atoms with E-state index in [2.05, 4.69) is 5.32 Å². The lowest BCUT2D eigenvalue weighted by Gasteiger charge is -2.04. The van der Waals surface area contributed by atoms with Crippen LogP contribution in [0.5, 0.6) is 0 Å². The highest BCUT2D eigenvalue weighted by Gasteiger charge is 2.01. The largest absolute Gasteiger partial charge is 0.351 e. The van der Waals surface area contributed by atoms with E-state index in [9.17, 15) is 4.79 Å². The van der Waals surface area contributed by atoms with Crippen molar-refractivity contribution in [3.05, 3.63) is 33.8 Å². The summed E-state index contributed by atoms with van der Waals surface area (Å²) < 4.78 is 0. The van der Waals surface area contributed by atoms with Crippen molar-refractivity contribution in [2.45, 2.75) is 6.54 Å². The summed E-state index contributed by atoms with van der Waals surface area (Å²) in [7, 11) is 0. The minimum atomic E-state index is -0.198. The van der Waals surface area contributed by atoms with Crippen LogP contribution < -0.4 is 11.1 Å². The van der Waals surface area contributed by atoms with Crippen LogP contribution in [0.2, 0.25) is 10.0 Å². The van der Waals surface area contributed by atoms with Crippen LogP contribution in [-0.4, -0.2) is 12.5 Å². The van der Waals surface area contributed by atoms with Gasteiger partial charge in [0.1, 0.15) is 0 Å². The van der Waals surface area contributed by atoms with Crippen molar-refractivity contribution in [3.8, 4) is 0 Å². The van der Waals surface area contributed by atoms with Crippen LogP contribution in [0.15, 0.2) is 18.2 Å². The molecule has 0 heterocycles. The predicted molar refractivity (Wildman–Crippen MR) is 57.4 cm³/mol. The van der Waals surface area contributed by atoms with E-state index >= 15 is 0 Å². The number of halogens is 2. The molecule has 1 rings (SSSR count). The Morgan fingerprint density at radius 1 is 1.36 bits per heavy atom. The molecule has 1 aromatic carbocycles. The SMILES string of the molecule is NCC(=O)NCc1ccc(Cl)c(Cl)c1. The van der Waals surface area contributed by atoms with Gasteiger partial charge in [-0.05, 0) is 17.7 Å². The highest BCUT2D eigenvalue weighted by Crippen LogP contribution is 2.22. The van der Waals surface area contributed by atoms with E-state index in [1.54, 1.807) is 18.2 Å². The van der Waals surface area contributed by atoms with Crippen LogP contribution >= 0.6 is 23.2 Å². The molecule has 1 aromatic rings. The normalized spacial score (nSPS) is 9.93. The van der Waals surface area contributed by atoms with Gasteiger partial charge >= 0.3 is 0 Å². The number of hydrogen-bond donors (Lipinski definition) is 2. The summed E-state index contributed by atoms with van der Waals surface area (Å²) in [5.74, 6) is -0.198. The molecule has 0 bridgehead atoms. The van der Waals surface area contributed by atoms with Crippen LogP contribution in [0, 0.1) is 0 Å². The zero-order chi connectivity index (χ0) is 10.6. The van der Waals surface area contributed by atoms with Gasteiger partial charge in [0.05, 0.1) is 16.6 Å². The highest BCUT2D eigenvalue weighted by molar-refractivity contribution is 6.42. The van der Waals surface area contributed by atoms with E-state index in [0.717, 1.165) is 5.56 Å². The Hall–Kier alpha value is -0.770. The first-order chi connectivity index (χ1) is 6.63. The minimum absolute atomic E-state index is 0.0126. The van der Waals surface area contributed by atoms with Gasteiger partial charge in [-0.3, -0.25) is 4.79 Å². The van der Waals surface area contributed by atoms with Gasteiger partial charge in [0, 0.05) is 6.54 Å². The van der Waals surface area contributed by atoms with Gasteiger partial charge in [0.15, 0.2) is 0 Å². The van der Waals surface area contributed by atoms with E-state index < -0.39 is 0 Å². The summed E-state index contributed by atoms with van der Waals surface area (Å²) >= 11 is 11.5.